The third-order valence-corrected chi connectivity index (χ3v) is 4.14. The van der Waals surface area contributed by atoms with Crippen molar-refractivity contribution in [2.45, 2.75) is 44.9 Å². The van der Waals surface area contributed by atoms with E-state index in [-0.39, 0.29) is 5.82 Å². The van der Waals surface area contributed by atoms with E-state index in [0.717, 1.165) is 5.39 Å². The second-order valence-corrected chi connectivity index (χ2v) is 5.55. The normalized spacial score (nSPS) is 17.2. The van der Waals surface area contributed by atoms with Gasteiger partial charge < -0.3 is 0 Å². The zero-order chi connectivity index (χ0) is 12.5. The Morgan fingerprint density at radius 3 is 2.56 bits per heavy atom. The van der Waals surface area contributed by atoms with Crippen LogP contribution in [0.4, 0.5) is 4.39 Å². The first-order chi connectivity index (χ1) is 8.74. The van der Waals surface area contributed by atoms with Crippen molar-refractivity contribution in [1.29, 1.82) is 0 Å². The molecule has 0 radical (unpaired) electrons. The molecule has 0 saturated heterocycles. The summed E-state index contributed by atoms with van der Waals surface area (Å²) in [5.41, 5.74) is 2.68. The van der Waals surface area contributed by atoms with Crippen LogP contribution in [0.2, 0.25) is 0 Å². The predicted octanol–water partition coefficient (Wildman–Crippen LogP) is 5.34. The highest BCUT2D eigenvalue weighted by Crippen LogP contribution is 2.37. The number of aryl methyl sites for hydroxylation is 1. The summed E-state index contributed by atoms with van der Waals surface area (Å²) in [6, 6.07) is 9.59. The molecule has 3 rings (SSSR count). The van der Waals surface area contributed by atoms with Gasteiger partial charge in [-0.25, -0.2) is 4.39 Å². The van der Waals surface area contributed by atoms with Crippen LogP contribution in [0.25, 0.3) is 10.8 Å². The summed E-state index contributed by atoms with van der Waals surface area (Å²) in [5.74, 6) is 0.536. The fraction of sp³-hybridized carbons (Fsp3) is 0.412. The average molecular weight is 242 g/mol. The smallest absolute Gasteiger partial charge is 0.123 e. The fourth-order valence-electron chi connectivity index (χ4n) is 3.28. The van der Waals surface area contributed by atoms with Crippen molar-refractivity contribution >= 4 is 10.8 Å². The van der Waals surface area contributed by atoms with Crippen LogP contribution < -0.4 is 0 Å². The summed E-state index contributed by atoms with van der Waals surface area (Å²) in [6.07, 6.45) is 6.61. The largest absolute Gasteiger partial charge is 0.207 e. The molecular weight excluding hydrogens is 223 g/mol. The number of halogens is 1. The summed E-state index contributed by atoms with van der Waals surface area (Å²) in [5, 5.41) is 2.30. The van der Waals surface area contributed by atoms with Crippen LogP contribution in [0.15, 0.2) is 30.3 Å². The molecule has 0 aliphatic heterocycles. The van der Waals surface area contributed by atoms with Crippen LogP contribution in [0.1, 0.15) is 49.1 Å². The zero-order valence-corrected chi connectivity index (χ0v) is 10.9. The number of hydrogen-bond donors (Lipinski definition) is 0. The minimum Gasteiger partial charge on any atom is -0.207 e. The van der Waals surface area contributed by atoms with Gasteiger partial charge in [0.15, 0.2) is 0 Å². The van der Waals surface area contributed by atoms with Crippen molar-refractivity contribution in [1.82, 2.24) is 0 Å². The Hall–Kier alpha value is -1.37. The highest BCUT2D eigenvalue weighted by Gasteiger charge is 2.18. The monoisotopic (exact) mass is 242 g/mol. The second-order valence-electron chi connectivity index (χ2n) is 5.55. The van der Waals surface area contributed by atoms with Crippen LogP contribution in [0, 0.1) is 12.7 Å². The van der Waals surface area contributed by atoms with Crippen molar-refractivity contribution < 1.29 is 4.39 Å². The Balaban J connectivity index is 2.14. The maximum atomic E-state index is 13.3. The summed E-state index contributed by atoms with van der Waals surface area (Å²) in [7, 11) is 0. The molecule has 0 heterocycles. The lowest BCUT2D eigenvalue weighted by Gasteiger charge is -2.24. The molecular formula is C17H19F. The van der Waals surface area contributed by atoms with Gasteiger partial charge in [0.25, 0.3) is 0 Å². The van der Waals surface area contributed by atoms with E-state index in [1.54, 1.807) is 12.1 Å². The van der Waals surface area contributed by atoms with Gasteiger partial charge in [0.2, 0.25) is 0 Å². The van der Waals surface area contributed by atoms with Gasteiger partial charge in [-0.1, -0.05) is 43.0 Å². The van der Waals surface area contributed by atoms with Gasteiger partial charge in [0, 0.05) is 0 Å². The van der Waals surface area contributed by atoms with Gasteiger partial charge >= 0.3 is 0 Å². The van der Waals surface area contributed by atoms with Gasteiger partial charge in [0.1, 0.15) is 5.82 Å². The van der Waals surface area contributed by atoms with Crippen molar-refractivity contribution in [3.8, 4) is 0 Å². The average Bonchev–Trinajstić information content (AvgIpc) is 2.38. The lowest BCUT2D eigenvalue weighted by molar-refractivity contribution is 0.445. The maximum absolute atomic E-state index is 13.3. The van der Waals surface area contributed by atoms with Crippen molar-refractivity contribution in [3.05, 3.63) is 47.3 Å². The third kappa shape index (κ3) is 2.14. The number of fused-ring (bicyclic) bond motifs is 1. The molecule has 0 aromatic heterocycles. The van der Waals surface area contributed by atoms with E-state index in [4.69, 9.17) is 0 Å². The van der Waals surface area contributed by atoms with Gasteiger partial charge in [0.05, 0.1) is 0 Å². The summed E-state index contributed by atoms with van der Waals surface area (Å²) in [4.78, 5) is 0. The topological polar surface area (TPSA) is 0 Å². The van der Waals surface area contributed by atoms with Crippen molar-refractivity contribution in [3.63, 3.8) is 0 Å². The molecule has 1 heteroatoms. The highest BCUT2D eigenvalue weighted by molar-refractivity contribution is 5.87. The van der Waals surface area contributed by atoms with Gasteiger partial charge in [-0.3, -0.25) is 0 Å². The summed E-state index contributed by atoms with van der Waals surface area (Å²) in [6.45, 7) is 2.11. The molecule has 18 heavy (non-hydrogen) atoms. The second kappa shape index (κ2) is 4.72. The first kappa shape index (κ1) is 11.7. The molecule has 0 amide bonds. The molecule has 1 aliphatic rings. The minimum atomic E-state index is -0.136. The van der Waals surface area contributed by atoms with E-state index < -0.39 is 0 Å². The molecule has 1 aliphatic carbocycles. The standard InChI is InChI=1S/C17H19F/c1-12-9-14-11-15(18)7-8-16(14)17(10-12)13-5-3-2-4-6-13/h7-11,13H,2-6H2,1H3. The first-order valence-electron chi connectivity index (χ1n) is 6.94. The molecule has 0 N–H and O–H groups in total. The molecule has 2 aromatic carbocycles. The Morgan fingerprint density at radius 1 is 1.00 bits per heavy atom. The Morgan fingerprint density at radius 2 is 1.78 bits per heavy atom. The lowest BCUT2D eigenvalue weighted by atomic mass is 9.81. The molecule has 0 bridgehead atoms. The summed E-state index contributed by atoms with van der Waals surface area (Å²) >= 11 is 0. The van der Waals surface area contributed by atoms with E-state index in [9.17, 15) is 4.39 Å². The van der Waals surface area contributed by atoms with Crippen LogP contribution in [-0.2, 0) is 0 Å². The molecule has 0 atom stereocenters. The van der Waals surface area contributed by atoms with E-state index in [1.165, 1.54) is 48.6 Å². The molecule has 0 spiro atoms. The van der Waals surface area contributed by atoms with E-state index in [1.807, 2.05) is 6.07 Å². The Bertz CT molecular complexity index is 560. The quantitative estimate of drug-likeness (QED) is 0.633. The Kier molecular flexibility index (Phi) is 3.07. The van der Waals surface area contributed by atoms with Crippen LogP contribution >= 0.6 is 0 Å². The minimum absolute atomic E-state index is 0.136. The maximum Gasteiger partial charge on any atom is 0.123 e. The molecule has 0 unspecified atom stereocenters. The van der Waals surface area contributed by atoms with Crippen LogP contribution in [-0.4, -0.2) is 0 Å². The van der Waals surface area contributed by atoms with Gasteiger partial charge in [-0.05, 0) is 54.2 Å². The van der Waals surface area contributed by atoms with Gasteiger partial charge in [-0.15, -0.1) is 0 Å². The van der Waals surface area contributed by atoms with E-state index in [2.05, 4.69) is 19.1 Å². The zero-order valence-electron chi connectivity index (χ0n) is 10.9. The molecule has 1 fully saturated rings. The van der Waals surface area contributed by atoms with Crippen LogP contribution in [0.5, 0.6) is 0 Å². The SMILES string of the molecule is Cc1cc(C2CCCCC2)c2ccc(F)cc2c1. The van der Waals surface area contributed by atoms with E-state index in [0.29, 0.717) is 5.92 Å². The lowest BCUT2D eigenvalue weighted by Crippen LogP contribution is -2.05. The third-order valence-electron chi connectivity index (χ3n) is 4.14. The Labute approximate surface area is 108 Å². The van der Waals surface area contributed by atoms with Gasteiger partial charge in [-0.2, -0.15) is 0 Å². The predicted molar refractivity (Wildman–Crippen MR) is 74.5 cm³/mol. The number of rotatable bonds is 1. The van der Waals surface area contributed by atoms with E-state index >= 15 is 0 Å². The highest BCUT2D eigenvalue weighted by atomic mass is 19.1. The molecule has 1 saturated carbocycles. The number of hydrogen-bond acceptors (Lipinski definition) is 0. The number of benzene rings is 2. The van der Waals surface area contributed by atoms with Crippen molar-refractivity contribution in [2.75, 3.05) is 0 Å². The molecule has 0 nitrogen and oxygen atoms in total. The molecule has 2 aromatic rings. The van der Waals surface area contributed by atoms with Crippen molar-refractivity contribution in [2.24, 2.45) is 0 Å². The first-order valence-corrected chi connectivity index (χ1v) is 6.94. The van der Waals surface area contributed by atoms with Crippen LogP contribution in [0.3, 0.4) is 0 Å². The molecule has 94 valence electrons. The fourth-order valence-corrected chi connectivity index (χ4v) is 3.28. The summed E-state index contributed by atoms with van der Waals surface area (Å²) < 4.78 is 13.3.